The fourth-order valence-electron chi connectivity index (χ4n) is 2.80. The average Bonchev–Trinajstić information content (AvgIpc) is 2.07. The van der Waals surface area contributed by atoms with Crippen molar-refractivity contribution in [2.75, 3.05) is 6.54 Å². The third kappa shape index (κ3) is 1.50. The molecule has 4 atom stereocenters. The average molecular weight is 168 g/mol. The van der Waals surface area contributed by atoms with Crippen molar-refractivity contribution in [1.29, 1.82) is 0 Å². The first-order chi connectivity index (χ1) is 5.77. The molecule has 3 N–H and O–H groups in total. The summed E-state index contributed by atoms with van der Waals surface area (Å²) in [6.07, 6.45) is 5.26. The molecule has 2 heteroatoms. The Bertz CT molecular complexity index is 158. The first-order valence-corrected chi connectivity index (χ1v) is 5.26. The monoisotopic (exact) mass is 168 g/mol. The highest BCUT2D eigenvalue weighted by atomic mass is 15.0. The summed E-state index contributed by atoms with van der Waals surface area (Å²) < 4.78 is 0. The lowest BCUT2D eigenvalue weighted by atomic mass is 9.73. The van der Waals surface area contributed by atoms with Gasteiger partial charge in [0.15, 0.2) is 0 Å². The predicted octanol–water partition coefficient (Wildman–Crippen LogP) is 1.11. The minimum Gasteiger partial charge on any atom is -0.327 e. The van der Waals surface area contributed by atoms with E-state index < -0.39 is 0 Å². The molecule has 2 aliphatic rings. The number of hydrogen-bond acceptors (Lipinski definition) is 2. The van der Waals surface area contributed by atoms with Gasteiger partial charge >= 0.3 is 0 Å². The summed E-state index contributed by atoms with van der Waals surface area (Å²) in [5, 5.41) is 3.59. The lowest BCUT2D eigenvalue weighted by molar-refractivity contribution is 0.151. The molecule has 0 bridgehead atoms. The SMILES string of the molecule is CC1CCC2NCCC(N)C2C1. The number of fused-ring (bicyclic) bond motifs is 1. The fourth-order valence-corrected chi connectivity index (χ4v) is 2.80. The molecule has 12 heavy (non-hydrogen) atoms. The van der Waals surface area contributed by atoms with Gasteiger partial charge in [-0.3, -0.25) is 0 Å². The van der Waals surface area contributed by atoms with E-state index in [0.29, 0.717) is 6.04 Å². The molecule has 0 aromatic heterocycles. The smallest absolute Gasteiger partial charge is 0.0110 e. The van der Waals surface area contributed by atoms with E-state index in [-0.39, 0.29) is 0 Å². The molecule has 70 valence electrons. The molecule has 1 saturated carbocycles. The summed E-state index contributed by atoms with van der Waals surface area (Å²) in [7, 11) is 0. The van der Waals surface area contributed by atoms with E-state index in [1.54, 1.807) is 0 Å². The zero-order chi connectivity index (χ0) is 8.55. The van der Waals surface area contributed by atoms with Crippen LogP contribution in [0.4, 0.5) is 0 Å². The highest BCUT2D eigenvalue weighted by molar-refractivity contribution is 4.93. The van der Waals surface area contributed by atoms with Crippen LogP contribution in [0, 0.1) is 11.8 Å². The number of piperidine rings is 1. The van der Waals surface area contributed by atoms with Crippen LogP contribution in [-0.4, -0.2) is 18.6 Å². The Kier molecular flexibility index (Phi) is 2.37. The standard InChI is InChI=1S/C10H20N2/c1-7-2-3-10-8(6-7)9(11)4-5-12-10/h7-10,12H,2-6,11H2,1H3. The van der Waals surface area contributed by atoms with E-state index in [1.165, 1.54) is 25.7 Å². The second-order valence-electron chi connectivity index (χ2n) is 4.60. The van der Waals surface area contributed by atoms with Crippen LogP contribution >= 0.6 is 0 Å². The molecular weight excluding hydrogens is 148 g/mol. The maximum absolute atomic E-state index is 6.11. The van der Waals surface area contributed by atoms with Crippen molar-refractivity contribution in [1.82, 2.24) is 5.32 Å². The second-order valence-corrected chi connectivity index (χ2v) is 4.60. The maximum atomic E-state index is 6.11. The Labute approximate surface area is 74.9 Å². The van der Waals surface area contributed by atoms with E-state index in [0.717, 1.165) is 24.4 Å². The van der Waals surface area contributed by atoms with Crippen molar-refractivity contribution in [3.05, 3.63) is 0 Å². The Balaban J connectivity index is 2.00. The van der Waals surface area contributed by atoms with Crippen LogP contribution in [0.2, 0.25) is 0 Å². The third-order valence-electron chi connectivity index (χ3n) is 3.60. The van der Waals surface area contributed by atoms with Crippen molar-refractivity contribution < 1.29 is 0 Å². The van der Waals surface area contributed by atoms with Crippen LogP contribution in [0.5, 0.6) is 0 Å². The quantitative estimate of drug-likeness (QED) is 0.568. The van der Waals surface area contributed by atoms with Crippen LogP contribution in [0.25, 0.3) is 0 Å². The van der Waals surface area contributed by atoms with Gasteiger partial charge in [-0.2, -0.15) is 0 Å². The summed E-state index contributed by atoms with van der Waals surface area (Å²) in [5.41, 5.74) is 6.11. The normalized spacial score (nSPS) is 48.5. The Morgan fingerprint density at radius 1 is 1.25 bits per heavy atom. The largest absolute Gasteiger partial charge is 0.327 e. The van der Waals surface area contributed by atoms with E-state index >= 15 is 0 Å². The van der Waals surface area contributed by atoms with Gasteiger partial charge in [0, 0.05) is 12.1 Å². The molecule has 0 amide bonds. The van der Waals surface area contributed by atoms with Gasteiger partial charge in [-0.1, -0.05) is 6.92 Å². The van der Waals surface area contributed by atoms with Gasteiger partial charge < -0.3 is 11.1 Å². The number of rotatable bonds is 0. The number of hydrogen-bond donors (Lipinski definition) is 2. The van der Waals surface area contributed by atoms with Gasteiger partial charge in [-0.05, 0) is 44.1 Å². The van der Waals surface area contributed by atoms with Crippen molar-refractivity contribution in [3.8, 4) is 0 Å². The minimum atomic E-state index is 0.471. The Morgan fingerprint density at radius 3 is 2.92 bits per heavy atom. The molecule has 0 spiro atoms. The molecule has 1 heterocycles. The molecule has 0 aromatic rings. The van der Waals surface area contributed by atoms with Crippen molar-refractivity contribution >= 4 is 0 Å². The fraction of sp³-hybridized carbons (Fsp3) is 1.00. The summed E-state index contributed by atoms with van der Waals surface area (Å²) in [5.74, 6) is 1.67. The first-order valence-electron chi connectivity index (χ1n) is 5.26. The second kappa shape index (κ2) is 3.35. The minimum absolute atomic E-state index is 0.471. The number of nitrogens with two attached hydrogens (primary N) is 1. The zero-order valence-electron chi connectivity index (χ0n) is 7.92. The van der Waals surface area contributed by atoms with Crippen molar-refractivity contribution in [2.24, 2.45) is 17.6 Å². The van der Waals surface area contributed by atoms with Crippen LogP contribution in [0.15, 0.2) is 0 Å². The van der Waals surface area contributed by atoms with Gasteiger partial charge in [-0.15, -0.1) is 0 Å². The summed E-state index contributed by atoms with van der Waals surface area (Å²) >= 11 is 0. The van der Waals surface area contributed by atoms with Gasteiger partial charge in [0.1, 0.15) is 0 Å². The van der Waals surface area contributed by atoms with Crippen molar-refractivity contribution in [3.63, 3.8) is 0 Å². The highest BCUT2D eigenvalue weighted by Crippen LogP contribution is 2.33. The first kappa shape index (κ1) is 8.52. The molecule has 2 nitrogen and oxygen atoms in total. The molecule has 2 rings (SSSR count). The molecule has 4 unspecified atom stereocenters. The van der Waals surface area contributed by atoms with Crippen LogP contribution in [-0.2, 0) is 0 Å². The van der Waals surface area contributed by atoms with Crippen LogP contribution < -0.4 is 11.1 Å². The molecular formula is C10H20N2. The summed E-state index contributed by atoms with van der Waals surface area (Å²) in [6, 6.07) is 1.21. The van der Waals surface area contributed by atoms with E-state index in [9.17, 15) is 0 Å². The molecule has 1 aliphatic carbocycles. The molecule has 1 saturated heterocycles. The third-order valence-corrected chi connectivity index (χ3v) is 3.60. The lowest BCUT2D eigenvalue weighted by Crippen LogP contribution is -2.54. The molecule has 1 aliphatic heterocycles. The van der Waals surface area contributed by atoms with Gasteiger partial charge in [0.05, 0.1) is 0 Å². The maximum Gasteiger partial charge on any atom is 0.0110 e. The van der Waals surface area contributed by atoms with Crippen LogP contribution in [0.3, 0.4) is 0 Å². The topological polar surface area (TPSA) is 38.0 Å². The van der Waals surface area contributed by atoms with E-state index in [1.807, 2.05) is 0 Å². The molecule has 2 fully saturated rings. The molecule has 0 radical (unpaired) electrons. The Morgan fingerprint density at radius 2 is 2.08 bits per heavy atom. The number of nitrogens with one attached hydrogen (secondary N) is 1. The molecule has 0 aromatic carbocycles. The summed E-state index contributed by atoms with van der Waals surface area (Å²) in [6.45, 7) is 3.49. The zero-order valence-corrected chi connectivity index (χ0v) is 7.92. The van der Waals surface area contributed by atoms with Crippen molar-refractivity contribution in [2.45, 2.75) is 44.7 Å². The lowest BCUT2D eigenvalue weighted by Gasteiger charge is -2.42. The highest BCUT2D eigenvalue weighted by Gasteiger charge is 2.34. The van der Waals surface area contributed by atoms with Gasteiger partial charge in [0.2, 0.25) is 0 Å². The van der Waals surface area contributed by atoms with E-state index in [4.69, 9.17) is 5.73 Å². The predicted molar refractivity (Wildman–Crippen MR) is 50.9 cm³/mol. The van der Waals surface area contributed by atoms with Crippen LogP contribution in [0.1, 0.15) is 32.6 Å². The Hall–Kier alpha value is -0.0800. The van der Waals surface area contributed by atoms with Gasteiger partial charge in [0.25, 0.3) is 0 Å². The van der Waals surface area contributed by atoms with E-state index in [2.05, 4.69) is 12.2 Å². The van der Waals surface area contributed by atoms with Gasteiger partial charge in [-0.25, -0.2) is 0 Å². The summed E-state index contributed by atoms with van der Waals surface area (Å²) in [4.78, 5) is 0.